The van der Waals surface area contributed by atoms with Crippen molar-refractivity contribution in [2.75, 3.05) is 17.8 Å². The Labute approximate surface area is 161 Å². The second-order valence-electron chi connectivity index (χ2n) is 6.27. The van der Waals surface area contributed by atoms with Crippen molar-refractivity contribution < 1.29 is 13.2 Å². The third kappa shape index (κ3) is 2.71. The molecule has 0 spiro atoms. The molecular formula is C19H17N3O3S2. The van der Waals surface area contributed by atoms with Crippen LogP contribution in [0, 0.1) is 11.3 Å². The van der Waals surface area contributed by atoms with Crippen molar-refractivity contribution in [2.45, 2.75) is 12.3 Å². The van der Waals surface area contributed by atoms with Gasteiger partial charge < -0.3 is 10.5 Å². The van der Waals surface area contributed by atoms with E-state index in [1.807, 2.05) is 29.6 Å². The first-order valence-electron chi connectivity index (χ1n) is 8.31. The predicted molar refractivity (Wildman–Crippen MR) is 105 cm³/mol. The Morgan fingerprint density at radius 2 is 2.04 bits per heavy atom. The van der Waals surface area contributed by atoms with Crippen LogP contribution in [0.1, 0.15) is 17.2 Å². The zero-order valence-electron chi connectivity index (χ0n) is 14.5. The zero-order valence-corrected chi connectivity index (χ0v) is 16.2. The Balaban J connectivity index is 1.95. The number of hydrogen-bond donors (Lipinski definition) is 1. The number of nitrogens with two attached hydrogens (primary N) is 1. The zero-order chi connectivity index (χ0) is 19.2. The first-order chi connectivity index (χ1) is 13.0. The summed E-state index contributed by atoms with van der Waals surface area (Å²) in [6.45, 7) is 0. The second-order valence-corrected chi connectivity index (χ2v) is 9.33. The number of anilines is 1. The van der Waals surface area contributed by atoms with E-state index in [0.29, 0.717) is 28.5 Å². The van der Waals surface area contributed by atoms with Crippen LogP contribution in [-0.4, -0.2) is 21.3 Å². The summed E-state index contributed by atoms with van der Waals surface area (Å²) in [4.78, 5) is 2.80. The minimum absolute atomic E-state index is 0.0260. The number of allylic oxidation sites excluding steroid dienone is 3. The van der Waals surface area contributed by atoms with Gasteiger partial charge in [-0.2, -0.15) is 5.26 Å². The topological polar surface area (TPSA) is 96.4 Å². The molecule has 0 saturated heterocycles. The first-order valence-corrected chi connectivity index (χ1v) is 10.8. The Bertz CT molecular complexity index is 1090. The molecule has 0 unspecified atom stereocenters. The number of methoxy groups -OCH3 is 1. The van der Waals surface area contributed by atoms with Gasteiger partial charge in [-0.3, -0.25) is 4.90 Å². The average Bonchev–Trinajstić information content (AvgIpc) is 3.29. The van der Waals surface area contributed by atoms with Crippen LogP contribution in [0.15, 0.2) is 63.8 Å². The maximum atomic E-state index is 12.9. The van der Waals surface area contributed by atoms with E-state index in [4.69, 9.17) is 10.5 Å². The lowest BCUT2D eigenvalue weighted by atomic mass is 9.92. The largest absolute Gasteiger partial charge is 0.497 e. The van der Waals surface area contributed by atoms with Crippen molar-refractivity contribution in [3.05, 3.63) is 68.7 Å². The number of benzene rings is 1. The highest BCUT2D eigenvalue weighted by atomic mass is 32.2. The molecular weight excluding hydrogens is 382 g/mol. The summed E-state index contributed by atoms with van der Waals surface area (Å²) < 4.78 is 30.9. The van der Waals surface area contributed by atoms with Gasteiger partial charge in [0, 0.05) is 22.7 Å². The molecule has 2 N–H and O–H groups in total. The van der Waals surface area contributed by atoms with Crippen LogP contribution < -0.4 is 15.4 Å². The van der Waals surface area contributed by atoms with E-state index in [0.717, 1.165) is 4.88 Å². The number of nitriles is 1. The van der Waals surface area contributed by atoms with E-state index in [-0.39, 0.29) is 17.1 Å². The van der Waals surface area contributed by atoms with Crippen LogP contribution in [0.4, 0.5) is 5.69 Å². The minimum Gasteiger partial charge on any atom is -0.497 e. The molecule has 138 valence electrons. The third-order valence-electron chi connectivity index (χ3n) is 4.84. The molecule has 1 aromatic heterocycles. The van der Waals surface area contributed by atoms with Crippen molar-refractivity contribution in [1.82, 2.24) is 0 Å². The molecule has 6 nitrogen and oxygen atoms in total. The summed E-state index contributed by atoms with van der Waals surface area (Å²) in [6, 6.07) is 13.0. The van der Waals surface area contributed by atoms with E-state index < -0.39 is 15.8 Å². The summed E-state index contributed by atoms with van der Waals surface area (Å²) in [5.74, 6) is 0.352. The molecule has 2 aliphatic rings. The Morgan fingerprint density at radius 1 is 1.30 bits per heavy atom. The standard InChI is InChI=1S/C19H17N3O3S2/c1-25-13-6-4-12(5-7-13)22-15-8-10-27(23,24)18(15)17(14(11-20)19(22)21)16-3-2-9-26-16/h2-7,9,17H,8,10,21H2,1H3/t17-/m0/s1. The fourth-order valence-corrected chi connectivity index (χ4v) is 6.39. The number of sulfone groups is 1. The smallest absolute Gasteiger partial charge is 0.177 e. The first kappa shape index (κ1) is 17.6. The monoisotopic (exact) mass is 399 g/mol. The second kappa shape index (κ2) is 6.44. The van der Waals surface area contributed by atoms with Crippen LogP contribution in [0.2, 0.25) is 0 Å². The average molecular weight is 399 g/mol. The van der Waals surface area contributed by atoms with Gasteiger partial charge in [-0.05, 0) is 35.7 Å². The number of nitrogens with zero attached hydrogens (tertiary/aromatic N) is 2. The molecule has 0 radical (unpaired) electrons. The highest BCUT2D eigenvalue weighted by Crippen LogP contribution is 2.49. The number of ether oxygens (including phenoxy) is 1. The molecule has 1 atom stereocenters. The maximum absolute atomic E-state index is 12.9. The van der Waals surface area contributed by atoms with Gasteiger partial charge in [0.05, 0.1) is 35.3 Å². The molecule has 0 fully saturated rings. The molecule has 3 heterocycles. The fraction of sp³-hybridized carbons (Fsp3) is 0.211. The van der Waals surface area contributed by atoms with E-state index in [1.54, 1.807) is 24.1 Å². The van der Waals surface area contributed by atoms with Crippen LogP contribution in [-0.2, 0) is 9.84 Å². The Hall–Kier alpha value is -2.76. The molecule has 27 heavy (non-hydrogen) atoms. The summed E-state index contributed by atoms with van der Waals surface area (Å²) in [7, 11) is -1.89. The van der Waals surface area contributed by atoms with E-state index in [2.05, 4.69) is 6.07 Å². The van der Waals surface area contributed by atoms with E-state index in [1.165, 1.54) is 11.3 Å². The Morgan fingerprint density at radius 3 is 2.63 bits per heavy atom. The van der Waals surface area contributed by atoms with Gasteiger partial charge in [-0.15, -0.1) is 11.3 Å². The highest BCUT2D eigenvalue weighted by molar-refractivity contribution is 7.95. The summed E-state index contributed by atoms with van der Waals surface area (Å²) in [5.41, 5.74) is 8.02. The molecule has 0 amide bonds. The van der Waals surface area contributed by atoms with Crippen LogP contribution in [0.3, 0.4) is 0 Å². The van der Waals surface area contributed by atoms with Crippen molar-refractivity contribution in [2.24, 2.45) is 5.73 Å². The van der Waals surface area contributed by atoms with Crippen molar-refractivity contribution >= 4 is 26.9 Å². The van der Waals surface area contributed by atoms with Crippen molar-refractivity contribution in [1.29, 1.82) is 5.26 Å². The minimum atomic E-state index is -3.46. The lowest BCUT2D eigenvalue weighted by Crippen LogP contribution is -2.34. The van der Waals surface area contributed by atoms with Crippen LogP contribution in [0.25, 0.3) is 0 Å². The van der Waals surface area contributed by atoms with Gasteiger partial charge in [0.15, 0.2) is 9.84 Å². The molecule has 0 aliphatic carbocycles. The lowest BCUT2D eigenvalue weighted by molar-refractivity contribution is 0.415. The highest BCUT2D eigenvalue weighted by Gasteiger charge is 2.45. The molecule has 2 aromatic rings. The van der Waals surface area contributed by atoms with E-state index >= 15 is 0 Å². The quantitative estimate of drug-likeness (QED) is 0.852. The van der Waals surface area contributed by atoms with Crippen molar-refractivity contribution in [3.63, 3.8) is 0 Å². The van der Waals surface area contributed by atoms with E-state index in [9.17, 15) is 13.7 Å². The molecule has 1 aromatic carbocycles. The SMILES string of the molecule is COc1ccc(N2C(N)=C(C#N)[C@@H](c3cccs3)C3=C2CCS3(=O)=O)cc1. The summed E-state index contributed by atoms with van der Waals surface area (Å²) >= 11 is 1.43. The third-order valence-corrected chi connectivity index (χ3v) is 7.66. The summed E-state index contributed by atoms with van der Waals surface area (Å²) in [6.07, 6.45) is 0.366. The molecule has 8 heteroatoms. The van der Waals surface area contributed by atoms with Gasteiger partial charge in [0.2, 0.25) is 0 Å². The lowest BCUT2D eigenvalue weighted by Gasteiger charge is -2.34. The van der Waals surface area contributed by atoms with Gasteiger partial charge in [-0.25, -0.2) is 8.42 Å². The van der Waals surface area contributed by atoms with Gasteiger partial charge in [0.1, 0.15) is 11.6 Å². The maximum Gasteiger partial charge on any atom is 0.177 e. The summed E-state index contributed by atoms with van der Waals surface area (Å²) in [5, 5.41) is 11.7. The fourth-order valence-electron chi connectivity index (χ4n) is 3.63. The van der Waals surface area contributed by atoms with Gasteiger partial charge in [-0.1, -0.05) is 6.07 Å². The van der Waals surface area contributed by atoms with Crippen molar-refractivity contribution in [3.8, 4) is 11.8 Å². The number of thiophene rings is 1. The van der Waals surface area contributed by atoms with Crippen LogP contribution >= 0.6 is 11.3 Å². The van der Waals surface area contributed by atoms with Gasteiger partial charge >= 0.3 is 0 Å². The molecule has 2 aliphatic heterocycles. The number of rotatable bonds is 3. The molecule has 4 rings (SSSR count). The van der Waals surface area contributed by atoms with Gasteiger partial charge in [0.25, 0.3) is 0 Å². The predicted octanol–water partition coefficient (Wildman–Crippen LogP) is 3.08. The molecule has 0 bridgehead atoms. The Kier molecular flexibility index (Phi) is 4.21. The van der Waals surface area contributed by atoms with Crippen LogP contribution in [0.5, 0.6) is 5.75 Å². The normalized spacial score (nSPS) is 21.2. The molecule has 0 saturated carbocycles. The number of hydrogen-bond acceptors (Lipinski definition) is 7.